The van der Waals surface area contributed by atoms with Gasteiger partial charge in [0.05, 0.1) is 10.6 Å². The van der Waals surface area contributed by atoms with Crippen LogP contribution >= 0.6 is 11.3 Å². The number of aromatic amines is 2. The van der Waals surface area contributed by atoms with E-state index in [2.05, 4.69) is 37.3 Å². The minimum atomic E-state index is 0.724. The van der Waals surface area contributed by atoms with Crippen LogP contribution in [0.2, 0.25) is 0 Å². The van der Waals surface area contributed by atoms with Crippen LogP contribution in [-0.4, -0.2) is 30.1 Å². The van der Waals surface area contributed by atoms with Crippen LogP contribution in [0.3, 0.4) is 0 Å². The Bertz CT molecular complexity index is 1140. The lowest BCUT2D eigenvalue weighted by Gasteiger charge is -1.99. The molecule has 4 aromatic heterocycles. The predicted octanol–water partition coefficient (Wildman–Crippen LogP) is 4.14. The van der Waals surface area contributed by atoms with Gasteiger partial charge in [-0.05, 0) is 12.1 Å². The maximum Gasteiger partial charge on any atom is 0.167 e. The molecule has 0 bridgehead atoms. The van der Waals surface area contributed by atoms with E-state index in [4.69, 9.17) is 4.98 Å². The van der Waals surface area contributed by atoms with Crippen LogP contribution in [-0.2, 0) is 0 Å². The van der Waals surface area contributed by atoms with Crippen molar-refractivity contribution in [3.63, 3.8) is 0 Å². The zero-order valence-corrected chi connectivity index (χ0v) is 13.8. The van der Waals surface area contributed by atoms with Crippen molar-refractivity contribution in [1.29, 1.82) is 0 Å². The number of nitrogens with one attached hydrogen (secondary N) is 2. The van der Waals surface area contributed by atoms with Crippen molar-refractivity contribution in [2.45, 2.75) is 0 Å². The first-order valence-electron chi connectivity index (χ1n) is 7.74. The molecule has 0 aliphatic carbocycles. The Labute approximate surface area is 146 Å². The fourth-order valence-corrected chi connectivity index (χ4v) is 3.92. The lowest BCUT2D eigenvalue weighted by atomic mass is 10.1. The molecule has 4 heterocycles. The molecule has 0 aliphatic heterocycles. The molecule has 0 radical (unpaired) electrons. The minimum Gasteiger partial charge on any atom is -0.346 e. The standard InChI is InChI=1S/C18H12N6S/c1-2-4-11(5-3-1)14-15(17-21-10-22-24-17)25-18(23-14)13-7-9-20-16-12(13)6-8-19-16/h1-10H,(H,19,20)(H,21,22,24). The molecule has 1 aromatic carbocycles. The number of aromatic nitrogens is 6. The summed E-state index contributed by atoms with van der Waals surface area (Å²) < 4.78 is 0. The van der Waals surface area contributed by atoms with E-state index in [-0.39, 0.29) is 0 Å². The Hall–Kier alpha value is -3.32. The first kappa shape index (κ1) is 14.1. The second-order valence-electron chi connectivity index (χ2n) is 5.50. The Balaban J connectivity index is 1.76. The monoisotopic (exact) mass is 344 g/mol. The third-order valence-corrected chi connectivity index (χ3v) is 5.09. The fourth-order valence-electron chi connectivity index (χ4n) is 2.85. The van der Waals surface area contributed by atoms with Crippen LogP contribution in [0.15, 0.2) is 61.2 Å². The summed E-state index contributed by atoms with van der Waals surface area (Å²) >= 11 is 1.60. The molecule has 0 spiro atoms. The van der Waals surface area contributed by atoms with Gasteiger partial charge in [0.1, 0.15) is 17.0 Å². The molecule has 0 fully saturated rings. The molecule has 25 heavy (non-hydrogen) atoms. The maximum atomic E-state index is 4.93. The van der Waals surface area contributed by atoms with Gasteiger partial charge in [-0.1, -0.05) is 30.3 Å². The van der Waals surface area contributed by atoms with Crippen molar-refractivity contribution in [2.24, 2.45) is 0 Å². The molecular weight excluding hydrogens is 332 g/mol. The van der Waals surface area contributed by atoms with Gasteiger partial charge in [0, 0.05) is 28.9 Å². The van der Waals surface area contributed by atoms with Crippen molar-refractivity contribution in [2.75, 3.05) is 0 Å². The first-order valence-corrected chi connectivity index (χ1v) is 8.56. The number of thiazole rings is 1. The first-order chi connectivity index (χ1) is 12.4. The second kappa shape index (κ2) is 5.64. The minimum absolute atomic E-state index is 0.724. The highest BCUT2D eigenvalue weighted by Crippen LogP contribution is 2.40. The average Bonchev–Trinajstić information content (AvgIpc) is 3.40. The predicted molar refractivity (Wildman–Crippen MR) is 98.0 cm³/mol. The topological polar surface area (TPSA) is 83.1 Å². The van der Waals surface area contributed by atoms with E-state index in [9.17, 15) is 0 Å². The molecule has 7 heteroatoms. The number of pyridine rings is 1. The van der Waals surface area contributed by atoms with Crippen LogP contribution in [0.25, 0.3) is 43.6 Å². The number of nitrogens with zero attached hydrogens (tertiary/aromatic N) is 4. The number of benzene rings is 1. The SMILES string of the molecule is c1ccc(-c2nc(-c3ccnc4[nH]ccc34)sc2-c2ncn[nH]2)cc1. The van der Waals surface area contributed by atoms with E-state index in [1.165, 1.54) is 6.33 Å². The summed E-state index contributed by atoms with van der Waals surface area (Å²) in [5, 5.41) is 8.92. The van der Waals surface area contributed by atoms with Crippen LogP contribution in [0.1, 0.15) is 0 Å². The van der Waals surface area contributed by atoms with E-state index in [1.54, 1.807) is 17.5 Å². The third kappa shape index (κ3) is 2.33. The molecule has 5 aromatic rings. The molecule has 0 saturated carbocycles. The zero-order chi connectivity index (χ0) is 16.6. The van der Waals surface area contributed by atoms with Gasteiger partial charge in [-0.3, -0.25) is 5.10 Å². The Morgan fingerprint density at radius 3 is 2.72 bits per heavy atom. The Morgan fingerprint density at radius 1 is 0.960 bits per heavy atom. The average molecular weight is 344 g/mol. The fraction of sp³-hybridized carbons (Fsp3) is 0. The molecule has 5 rings (SSSR count). The molecule has 6 nitrogen and oxygen atoms in total. The number of hydrogen-bond acceptors (Lipinski definition) is 5. The van der Waals surface area contributed by atoms with Crippen LogP contribution in [0.5, 0.6) is 0 Å². The van der Waals surface area contributed by atoms with E-state index >= 15 is 0 Å². The van der Waals surface area contributed by atoms with Crippen molar-refractivity contribution in [1.82, 2.24) is 30.1 Å². The summed E-state index contributed by atoms with van der Waals surface area (Å²) in [5.74, 6) is 0.724. The normalized spacial score (nSPS) is 11.2. The molecule has 2 N–H and O–H groups in total. The van der Waals surface area contributed by atoms with Gasteiger partial charge in [-0.25, -0.2) is 15.0 Å². The van der Waals surface area contributed by atoms with Crippen LogP contribution in [0, 0.1) is 0 Å². The maximum absolute atomic E-state index is 4.93. The highest BCUT2D eigenvalue weighted by atomic mass is 32.1. The number of fused-ring (bicyclic) bond motifs is 1. The molecule has 120 valence electrons. The third-order valence-electron chi connectivity index (χ3n) is 4.00. The van der Waals surface area contributed by atoms with Crippen molar-refractivity contribution in [3.05, 3.63) is 61.2 Å². The van der Waals surface area contributed by atoms with Gasteiger partial charge in [0.15, 0.2) is 5.82 Å². The zero-order valence-electron chi connectivity index (χ0n) is 13.0. The van der Waals surface area contributed by atoms with Gasteiger partial charge in [-0.2, -0.15) is 5.10 Å². The van der Waals surface area contributed by atoms with E-state index in [0.717, 1.165) is 43.6 Å². The highest BCUT2D eigenvalue weighted by Gasteiger charge is 2.19. The Morgan fingerprint density at radius 2 is 1.88 bits per heavy atom. The number of H-pyrrole nitrogens is 2. The summed E-state index contributed by atoms with van der Waals surface area (Å²) in [6, 6.07) is 14.1. The summed E-state index contributed by atoms with van der Waals surface area (Å²) in [7, 11) is 0. The largest absolute Gasteiger partial charge is 0.346 e. The molecule has 0 atom stereocenters. The van der Waals surface area contributed by atoms with Crippen molar-refractivity contribution < 1.29 is 0 Å². The van der Waals surface area contributed by atoms with E-state index < -0.39 is 0 Å². The summed E-state index contributed by atoms with van der Waals surface area (Å²) in [5.41, 5.74) is 3.86. The number of rotatable bonds is 3. The summed E-state index contributed by atoms with van der Waals surface area (Å²) in [4.78, 5) is 17.7. The quantitative estimate of drug-likeness (QED) is 0.515. The Kier molecular flexibility index (Phi) is 3.17. The lowest BCUT2D eigenvalue weighted by Crippen LogP contribution is -1.84. The van der Waals surface area contributed by atoms with Crippen LogP contribution in [0.4, 0.5) is 0 Å². The molecular formula is C18H12N6S. The molecule has 0 aliphatic rings. The van der Waals surface area contributed by atoms with E-state index in [1.807, 2.05) is 36.5 Å². The van der Waals surface area contributed by atoms with Crippen LogP contribution < -0.4 is 0 Å². The smallest absolute Gasteiger partial charge is 0.167 e. The van der Waals surface area contributed by atoms with Gasteiger partial charge in [0.25, 0.3) is 0 Å². The van der Waals surface area contributed by atoms with Gasteiger partial charge < -0.3 is 4.98 Å². The summed E-state index contributed by atoms with van der Waals surface area (Å²) in [6.45, 7) is 0. The van der Waals surface area contributed by atoms with Crippen molar-refractivity contribution >= 4 is 22.4 Å². The molecule has 0 unspecified atom stereocenters. The highest BCUT2D eigenvalue weighted by molar-refractivity contribution is 7.19. The van der Waals surface area contributed by atoms with E-state index in [0.29, 0.717) is 0 Å². The van der Waals surface area contributed by atoms with Gasteiger partial charge in [0.2, 0.25) is 0 Å². The molecule has 0 saturated heterocycles. The molecule has 0 amide bonds. The number of hydrogen-bond donors (Lipinski definition) is 2. The second-order valence-corrected chi connectivity index (χ2v) is 6.49. The van der Waals surface area contributed by atoms with Gasteiger partial charge >= 0.3 is 0 Å². The lowest BCUT2D eigenvalue weighted by molar-refractivity contribution is 1.10. The summed E-state index contributed by atoms with van der Waals surface area (Å²) in [6.07, 6.45) is 5.20. The van der Waals surface area contributed by atoms with Crippen molar-refractivity contribution in [3.8, 4) is 32.5 Å². The van der Waals surface area contributed by atoms with Gasteiger partial charge in [-0.15, -0.1) is 11.3 Å².